The van der Waals surface area contributed by atoms with Crippen molar-refractivity contribution in [3.8, 4) is 0 Å². The van der Waals surface area contributed by atoms with E-state index in [0.717, 1.165) is 6.04 Å². The Morgan fingerprint density at radius 2 is 0.645 bits per heavy atom. The normalized spacial score (nSPS) is 36.1. The first kappa shape index (κ1) is 65.7. The van der Waals surface area contributed by atoms with Crippen LogP contribution in [0.4, 0.5) is 0 Å². The summed E-state index contributed by atoms with van der Waals surface area (Å²) in [5.74, 6) is 42.5. The van der Waals surface area contributed by atoms with Crippen molar-refractivity contribution in [3.05, 3.63) is 0 Å². The maximum absolute atomic E-state index is 8.73. The van der Waals surface area contributed by atoms with Gasteiger partial charge < -0.3 is 0 Å². The van der Waals surface area contributed by atoms with Crippen LogP contribution in [0.2, 0.25) is 239 Å². The Morgan fingerprint density at radius 3 is 0.882 bits per heavy atom. The molecular weight excluding hydrogens is 1460 g/mol. The molecule has 0 bridgehead atoms. The van der Waals surface area contributed by atoms with Gasteiger partial charge in [0.1, 0.15) is 0 Å². The minimum atomic E-state index is -2.96. The van der Waals surface area contributed by atoms with Gasteiger partial charge in [-0.2, -0.15) is 0 Å². The van der Waals surface area contributed by atoms with Crippen LogP contribution in [0, 0.1) is 0 Å². The van der Waals surface area contributed by atoms with E-state index >= 15 is 0 Å². The molecule has 9 rings (SSSR count). The number of hydrogen-bond acceptors (Lipinski definition) is 0. The van der Waals surface area contributed by atoms with E-state index in [0.29, 0.717) is 6.04 Å². The molecule has 4 atom stereocenters. The summed E-state index contributed by atoms with van der Waals surface area (Å²) in [5, 5.41) is 12.0. The molecule has 452 valence electrons. The SMILES string of the molecule is CC[CH]1[Ge]([CH3])([CH3])[CH2]C[CH2][Ge]1([CH3])[CH3].CC[CH]1[Ge]([CH3])([CH3])[CH2][CH2][Ge]1([CH3])[CH3].C[C@@H]1CCC[Si]12CCCC2.C[C@@H]1CCC[Si]12CCCCC2.C[CH]1[Ge]([CH3])([CH3])[CH2]C[CH2][Ge]1([CH3])[CH3].C[CH]1[Ge]([CH3])([CH3])[CH2][CH2][Ge]1([CH3])[CH3].[2H]C([2H])(C)C1([2H])[Si](C)(C)CC[Si]1(C)C([2H])([2H])[2H]. The molecule has 12 heteroatoms. The van der Waals surface area contributed by atoms with Gasteiger partial charge in [0.05, 0.1) is 16.1 Å². The topological polar surface area (TPSA) is 0 Å². The van der Waals surface area contributed by atoms with Crippen molar-refractivity contribution >= 4 is 138 Å². The predicted molar refractivity (Wildman–Crippen MR) is 394 cm³/mol. The minimum absolute atomic E-state index is 0.569. The van der Waals surface area contributed by atoms with Gasteiger partial charge in [0.15, 0.2) is 0 Å². The van der Waals surface area contributed by atoms with E-state index in [9.17, 15) is 0 Å². The zero-order chi connectivity index (χ0) is 63.5. The molecule has 0 aromatic rings. The van der Waals surface area contributed by atoms with Crippen molar-refractivity contribution in [1.29, 1.82) is 0 Å². The predicted octanol–water partition coefficient (Wildman–Crippen LogP) is 25.9. The molecule has 9 fully saturated rings. The van der Waals surface area contributed by atoms with Gasteiger partial charge in [-0.25, -0.2) is 0 Å². The van der Waals surface area contributed by atoms with E-state index in [2.05, 4.69) is 134 Å². The Kier molecular flexibility index (Phi) is 26.4. The Morgan fingerprint density at radius 1 is 0.368 bits per heavy atom. The fourth-order valence-corrected chi connectivity index (χ4v) is 229. The first-order valence-electron chi connectivity index (χ1n) is 36.9. The molecule has 0 aromatic carbocycles. The first-order chi connectivity index (χ1) is 36.9. The molecule has 76 heavy (non-hydrogen) atoms. The van der Waals surface area contributed by atoms with E-state index in [1.165, 1.54) is 45.2 Å². The summed E-state index contributed by atoms with van der Waals surface area (Å²) in [4.78, 5) is 0. The second-order valence-electron chi connectivity index (χ2n) is 35.4. The standard InChI is InChI=1S/C10H24Ge2.C10H20Si.2C9H22Ge2.C9H22Si2.C9H18Si.C8H20Ge2/c1-6-10-11(2,3)8-7-9-12(10,4)5;1-10-6-5-9-11(10)7-3-2-4-8-11;1-9-10(2,3)7-6-8-11(9,4)5;2*1-6-9-10(2,3)7-8-11(9,4)5;1-9-5-4-8-10(9)6-2-3-7-10;1-8-9(2,3)6-7-10(8,4)5/h10H,6-9H2,1-5H3;10H,2-9H2,1H3;3*9H,6-8H2,1-5H3;9H,2-8H2,1H3;8H,6-7H2,1-5H3/t;10-;;;;9-;/m.1...1./s1/i;;;;2D3,6D2,9D;;. The summed E-state index contributed by atoms with van der Waals surface area (Å²) < 4.78 is 53.2. The molecule has 9 saturated heterocycles. The summed E-state index contributed by atoms with van der Waals surface area (Å²) in [5.41, 5.74) is 2.37. The van der Waals surface area contributed by atoms with Gasteiger partial charge in [0.25, 0.3) is 0 Å². The summed E-state index contributed by atoms with van der Waals surface area (Å²) in [6.45, 7) is 20.0. The molecule has 0 saturated carbocycles. The third-order valence-corrected chi connectivity index (χ3v) is 187. The Hall–Kier alpha value is 5.21. The molecular formula is C64H148Ge8Si4. The zero-order valence-corrected chi connectivity index (χ0v) is 78.3. The third kappa shape index (κ3) is 20.6. The molecule has 2 unspecified atom stereocenters. The molecule has 0 aromatic heterocycles. The van der Waals surface area contributed by atoms with Gasteiger partial charge >= 0.3 is 308 Å². The molecule has 0 radical (unpaired) electrons. The Labute approximate surface area is 517 Å². The largest absolute Gasteiger partial charge is 0.0694 e. The van der Waals surface area contributed by atoms with Gasteiger partial charge in [0.2, 0.25) is 0 Å². The molecule has 9 heterocycles. The summed E-state index contributed by atoms with van der Waals surface area (Å²) in [6.07, 6.45) is 18.6. The molecule has 0 aliphatic carbocycles. The van der Waals surface area contributed by atoms with Crippen LogP contribution in [-0.4, -0.2) is 138 Å². The van der Waals surface area contributed by atoms with E-state index < -0.39 is 156 Å². The maximum Gasteiger partial charge on any atom is 0.0475 e. The zero-order valence-electron chi connectivity index (χ0n) is 63.5. The van der Waals surface area contributed by atoms with Crippen LogP contribution in [0.15, 0.2) is 0 Å². The smallest absolute Gasteiger partial charge is 0.0475 e. The van der Waals surface area contributed by atoms with E-state index in [-0.39, 0.29) is 0 Å². The molecule has 0 N–H and O–H groups in total. The number of rotatable bonds is 3. The molecule has 0 amide bonds. The fraction of sp³-hybridized carbons (Fsp3) is 1.00. The van der Waals surface area contributed by atoms with Crippen molar-refractivity contribution in [2.24, 2.45) is 0 Å². The Balaban J connectivity index is 0.000000253. The van der Waals surface area contributed by atoms with Crippen LogP contribution in [0.25, 0.3) is 0 Å². The minimum Gasteiger partial charge on any atom is -0.0694 e. The van der Waals surface area contributed by atoms with Crippen molar-refractivity contribution in [3.63, 3.8) is 0 Å². The average Bonchev–Trinajstić information content (AvgIpc) is 4.21. The van der Waals surface area contributed by atoms with Crippen molar-refractivity contribution < 1.29 is 8.22 Å². The van der Waals surface area contributed by atoms with Crippen molar-refractivity contribution in [1.82, 2.24) is 0 Å². The second-order valence-corrected chi connectivity index (χ2v) is 153. The van der Waals surface area contributed by atoms with Crippen LogP contribution in [-0.2, 0) is 0 Å². The average molecular weight is 1620 g/mol. The van der Waals surface area contributed by atoms with Crippen molar-refractivity contribution in [2.45, 2.75) is 377 Å². The monoisotopic (exact) mass is 1630 g/mol. The Bertz CT molecular complexity index is 1890. The van der Waals surface area contributed by atoms with Crippen LogP contribution in [0.3, 0.4) is 0 Å². The van der Waals surface area contributed by atoms with E-state index in [1.54, 1.807) is 155 Å². The van der Waals surface area contributed by atoms with Gasteiger partial charge in [-0.05, 0) is 16.2 Å². The summed E-state index contributed by atoms with van der Waals surface area (Å²) in [7, 11) is -6.34. The first-order valence-corrected chi connectivity index (χ1v) is 100. The quantitative estimate of drug-likeness (QED) is 0.247. The second kappa shape index (κ2) is 30.6. The third-order valence-electron chi connectivity index (χ3n) is 26.3. The van der Waals surface area contributed by atoms with Gasteiger partial charge in [-0.15, -0.1) is 0 Å². The van der Waals surface area contributed by atoms with E-state index in [4.69, 9.17) is 8.22 Å². The van der Waals surface area contributed by atoms with Gasteiger partial charge in [-0.1, -0.05) is 159 Å². The fourth-order valence-electron chi connectivity index (χ4n) is 19.9. The molecule has 9 aliphatic rings. The van der Waals surface area contributed by atoms with Gasteiger partial charge in [0, 0.05) is 24.4 Å². The van der Waals surface area contributed by atoms with Gasteiger partial charge in [-0.3, -0.25) is 0 Å². The van der Waals surface area contributed by atoms with Crippen LogP contribution in [0.5, 0.6) is 0 Å². The maximum atomic E-state index is 8.73. The molecule has 2 spiro atoms. The van der Waals surface area contributed by atoms with Crippen LogP contribution >= 0.6 is 0 Å². The molecule has 0 nitrogen and oxygen atoms in total. The van der Waals surface area contributed by atoms with Crippen LogP contribution in [0.1, 0.15) is 147 Å². The summed E-state index contributed by atoms with van der Waals surface area (Å²) >= 11 is -9.79. The van der Waals surface area contributed by atoms with Crippen LogP contribution < -0.4 is 0 Å². The number of hydrogen-bond donors (Lipinski definition) is 0. The molecule has 9 aliphatic heterocycles. The van der Waals surface area contributed by atoms with E-state index in [1.807, 2.05) is 13.1 Å². The van der Waals surface area contributed by atoms with Crippen molar-refractivity contribution in [2.75, 3.05) is 0 Å². The summed E-state index contributed by atoms with van der Waals surface area (Å²) in [6, 6.07) is 11.5.